The van der Waals surface area contributed by atoms with Crippen molar-refractivity contribution in [3.8, 4) is 0 Å². The maximum absolute atomic E-state index is 13.4. The summed E-state index contributed by atoms with van der Waals surface area (Å²) in [5.41, 5.74) is 1.18. The fourth-order valence-corrected chi connectivity index (χ4v) is 1.81. The molecule has 0 aliphatic carbocycles. The highest BCUT2D eigenvalue weighted by atomic mass is 19.1. The monoisotopic (exact) mass is 258 g/mol. The van der Waals surface area contributed by atoms with Crippen LogP contribution in [0.3, 0.4) is 0 Å². The Balaban J connectivity index is 1.97. The van der Waals surface area contributed by atoms with E-state index in [-0.39, 0.29) is 24.2 Å². The van der Waals surface area contributed by atoms with Gasteiger partial charge in [0, 0.05) is 6.20 Å². The van der Waals surface area contributed by atoms with Crippen molar-refractivity contribution in [3.05, 3.63) is 65.7 Å². The molecule has 0 saturated carbocycles. The van der Waals surface area contributed by atoms with Crippen molar-refractivity contribution in [2.75, 3.05) is 0 Å². The van der Waals surface area contributed by atoms with Crippen LogP contribution in [-0.2, 0) is 11.2 Å². The fraction of sp³-hybridized carbons (Fsp3) is 0.200. The SMILES string of the molecule is C[C@H](NC(=O)Cc1ccccc1F)c1ccccn1. The summed E-state index contributed by atoms with van der Waals surface area (Å²) in [7, 11) is 0. The number of pyridine rings is 1. The highest BCUT2D eigenvalue weighted by Gasteiger charge is 2.12. The van der Waals surface area contributed by atoms with Crippen LogP contribution in [0.15, 0.2) is 48.7 Å². The van der Waals surface area contributed by atoms with Crippen LogP contribution in [0, 0.1) is 5.82 Å². The molecule has 4 heteroatoms. The zero-order chi connectivity index (χ0) is 13.7. The average Bonchev–Trinajstić information content (AvgIpc) is 2.42. The second-order valence-corrected chi connectivity index (χ2v) is 4.31. The first-order valence-electron chi connectivity index (χ1n) is 6.10. The molecule has 0 aliphatic heterocycles. The number of halogens is 1. The van der Waals surface area contributed by atoms with Gasteiger partial charge in [-0.25, -0.2) is 4.39 Å². The summed E-state index contributed by atoms with van der Waals surface area (Å²) in [4.78, 5) is 16.0. The predicted molar refractivity (Wildman–Crippen MR) is 70.9 cm³/mol. The van der Waals surface area contributed by atoms with E-state index in [2.05, 4.69) is 10.3 Å². The first-order valence-corrected chi connectivity index (χ1v) is 6.10. The third-order valence-electron chi connectivity index (χ3n) is 2.82. The topological polar surface area (TPSA) is 42.0 Å². The zero-order valence-corrected chi connectivity index (χ0v) is 10.6. The van der Waals surface area contributed by atoms with Gasteiger partial charge in [-0.2, -0.15) is 0 Å². The summed E-state index contributed by atoms with van der Waals surface area (Å²) in [6.07, 6.45) is 1.71. The van der Waals surface area contributed by atoms with Crippen molar-refractivity contribution >= 4 is 5.91 Å². The first kappa shape index (κ1) is 13.2. The third-order valence-corrected chi connectivity index (χ3v) is 2.82. The molecule has 1 N–H and O–H groups in total. The molecule has 0 aliphatic rings. The average molecular weight is 258 g/mol. The van der Waals surface area contributed by atoms with Crippen LogP contribution in [0.5, 0.6) is 0 Å². The summed E-state index contributed by atoms with van der Waals surface area (Å²) in [5, 5.41) is 2.80. The van der Waals surface area contributed by atoms with Crippen LogP contribution >= 0.6 is 0 Å². The van der Waals surface area contributed by atoms with Crippen molar-refractivity contribution in [3.63, 3.8) is 0 Å². The standard InChI is InChI=1S/C15H15FN2O/c1-11(14-8-4-5-9-17-14)18-15(19)10-12-6-2-3-7-13(12)16/h2-9,11H,10H2,1H3,(H,18,19)/t11-/m0/s1. The van der Waals surface area contributed by atoms with E-state index in [0.717, 1.165) is 5.69 Å². The Labute approximate surface area is 111 Å². The number of amides is 1. The van der Waals surface area contributed by atoms with E-state index >= 15 is 0 Å². The highest BCUT2D eigenvalue weighted by molar-refractivity contribution is 5.79. The van der Waals surface area contributed by atoms with E-state index in [4.69, 9.17) is 0 Å². The Bertz CT molecular complexity index is 557. The predicted octanol–water partition coefficient (Wildman–Crippen LogP) is 2.64. The highest BCUT2D eigenvalue weighted by Crippen LogP contribution is 2.10. The van der Waals surface area contributed by atoms with Gasteiger partial charge in [0.15, 0.2) is 0 Å². The molecule has 1 amide bonds. The molecule has 0 saturated heterocycles. The maximum atomic E-state index is 13.4. The Morgan fingerprint density at radius 1 is 1.26 bits per heavy atom. The van der Waals surface area contributed by atoms with Crippen molar-refractivity contribution in [1.82, 2.24) is 10.3 Å². The molecule has 2 rings (SSSR count). The van der Waals surface area contributed by atoms with Gasteiger partial charge in [-0.05, 0) is 30.7 Å². The van der Waals surface area contributed by atoms with E-state index in [1.807, 2.05) is 25.1 Å². The van der Waals surface area contributed by atoms with Gasteiger partial charge in [0.1, 0.15) is 5.82 Å². The number of aromatic nitrogens is 1. The van der Waals surface area contributed by atoms with E-state index < -0.39 is 0 Å². The number of rotatable bonds is 4. The number of hydrogen-bond acceptors (Lipinski definition) is 2. The number of carbonyl (C=O) groups excluding carboxylic acids is 1. The van der Waals surface area contributed by atoms with E-state index in [9.17, 15) is 9.18 Å². The molecule has 0 spiro atoms. The van der Waals surface area contributed by atoms with Crippen LogP contribution in [0.1, 0.15) is 24.2 Å². The molecule has 3 nitrogen and oxygen atoms in total. The summed E-state index contributed by atoms with van der Waals surface area (Å²) in [5.74, 6) is -0.577. The van der Waals surface area contributed by atoms with Gasteiger partial charge in [0.2, 0.25) is 5.91 Å². The lowest BCUT2D eigenvalue weighted by Crippen LogP contribution is -2.28. The lowest BCUT2D eigenvalue weighted by Gasteiger charge is -2.13. The van der Waals surface area contributed by atoms with Crippen molar-refractivity contribution in [2.45, 2.75) is 19.4 Å². The van der Waals surface area contributed by atoms with Gasteiger partial charge in [-0.3, -0.25) is 9.78 Å². The second kappa shape index (κ2) is 6.09. The molecular formula is C15H15FN2O. The Morgan fingerprint density at radius 2 is 2.00 bits per heavy atom. The van der Waals surface area contributed by atoms with Crippen LogP contribution in [0.2, 0.25) is 0 Å². The van der Waals surface area contributed by atoms with E-state index in [0.29, 0.717) is 5.56 Å². The smallest absolute Gasteiger partial charge is 0.225 e. The lowest BCUT2D eigenvalue weighted by molar-refractivity contribution is -0.121. The summed E-state index contributed by atoms with van der Waals surface area (Å²) in [6, 6.07) is 11.6. The van der Waals surface area contributed by atoms with Gasteiger partial charge in [-0.15, -0.1) is 0 Å². The largest absolute Gasteiger partial charge is 0.348 e. The minimum absolute atomic E-state index is 0.0316. The normalized spacial score (nSPS) is 11.9. The molecule has 0 radical (unpaired) electrons. The Morgan fingerprint density at radius 3 is 2.68 bits per heavy atom. The third kappa shape index (κ3) is 3.61. The minimum atomic E-state index is -0.358. The zero-order valence-electron chi connectivity index (χ0n) is 10.6. The minimum Gasteiger partial charge on any atom is -0.348 e. The fourth-order valence-electron chi connectivity index (χ4n) is 1.81. The molecule has 0 bridgehead atoms. The molecule has 19 heavy (non-hydrogen) atoms. The van der Waals surface area contributed by atoms with Gasteiger partial charge in [0.25, 0.3) is 0 Å². The molecule has 1 aromatic carbocycles. The van der Waals surface area contributed by atoms with Crippen LogP contribution in [0.25, 0.3) is 0 Å². The summed E-state index contributed by atoms with van der Waals surface area (Å²) >= 11 is 0. The van der Waals surface area contributed by atoms with E-state index in [1.165, 1.54) is 6.07 Å². The Kier molecular flexibility index (Phi) is 4.23. The lowest BCUT2D eigenvalue weighted by atomic mass is 10.1. The second-order valence-electron chi connectivity index (χ2n) is 4.31. The number of nitrogens with zero attached hydrogens (tertiary/aromatic N) is 1. The van der Waals surface area contributed by atoms with Gasteiger partial charge in [-0.1, -0.05) is 24.3 Å². The quantitative estimate of drug-likeness (QED) is 0.916. The molecule has 98 valence electrons. The summed E-state index contributed by atoms with van der Waals surface area (Å²) < 4.78 is 13.4. The molecule has 0 unspecified atom stereocenters. The number of benzene rings is 1. The van der Waals surface area contributed by atoms with Crippen LogP contribution < -0.4 is 5.32 Å². The first-order chi connectivity index (χ1) is 9.16. The molecule has 1 aromatic heterocycles. The number of nitrogens with one attached hydrogen (secondary N) is 1. The van der Waals surface area contributed by atoms with Crippen molar-refractivity contribution < 1.29 is 9.18 Å². The van der Waals surface area contributed by atoms with Crippen molar-refractivity contribution in [1.29, 1.82) is 0 Å². The van der Waals surface area contributed by atoms with Crippen LogP contribution in [0.4, 0.5) is 4.39 Å². The molecule has 0 fully saturated rings. The molecule has 2 aromatic rings. The number of carbonyl (C=O) groups is 1. The van der Waals surface area contributed by atoms with Crippen LogP contribution in [-0.4, -0.2) is 10.9 Å². The maximum Gasteiger partial charge on any atom is 0.225 e. The number of hydrogen-bond donors (Lipinski definition) is 1. The van der Waals surface area contributed by atoms with E-state index in [1.54, 1.807) is 24.4 Å². The molecule has 1 atom stereocenters. The van der Waals surface area contributed by atoms with Gasteiger partial charge < -0.3 is 5.32 Å². The summed E-state index contributed by atoms with van der Waals surface area (Å²) in [6.45, 7) is 1.85. The van der Waals surface area contributed by atoms with Crippen molar-refractivity contribution in [2.24, 2.45) is 0 Å². The van der Waals surface area contributed by atoms with Gasteiger partial charge >= 0.3 is 0 Å². The molecule has 1 heterocycles. The molecular weight excluding hydrogens is 243 g/mol. The van der Waals surface area contributed by atoms with Gasteiger partial charge in [0.05, 0.1) is 18.2 Å². The Hall–Kier alpha value is -2.23.